The molecule has 0 aliphatic carbocycles. The summed E-state index contributed by atoms with van der Waals surface area (Å²) in [5.74, 6) is 1.45. The zero-order valence-electron chi connectivity index (χ0n) is 15.6. The number of carbonyl (C=O) groups excluding carboxylic acids is 1. The van der Waals surface area contributed by atoms with E-state index in [0.29, 0.717) is 6.54 Å². The second kappa shape index (κ2) is 7.62. The van der Waals surface area contributed by atoms with Gasteiger partial charge in [0.1, 0.15) is 17.4 Å². The minimum absolute atomic E-state index is 0.333. The number of fused-ring (bicyclic) bond motifs is 3. The highest BCUT2D eigenvalue weighted by molar-refractivity contribution is 7.15. The van der Waals surface area contributed by atoms with Crippen LogP contribution in [0, 0.1) is 20.8 Å². The summed E-state index contributed by atoms with van der Waals surface area (Å²) < 4.78 is 2.13. The van der Waals surface area contributed by atoms with Crippen LogP contribution >= 0.6 is 22.9 Å². The number of rotatable bonds is 1. The molecule has 0 saturated heterocycles. The van der Waals surface area contributed by atoms with Crippen LogP contribution in [0.1, 0.15) is 40.1 Å². The first-order chi connectivity index (χ1) is 12.8. The number of carbonyl (C=O) groups is 1. The Kier molecular flexibility index (Phi) is 5.43. The molecule has 3 aromatic rings. The van der Waals surface area contributed by atoms with Gasteiger partial charge in [0, 0.05) is 28.0 Å². The first kappa shape index (κ1) is 19.3. The van der Waals surface area contributed by atoms with Gasteiger partial charge < -0.3 is 5.73 Å². The molecular formula is C19H20ClN5OS. The predicted molar refractivity (Wildman–Crippen MR) is 109 cm³/mol. The van der Waals surface area contributed by atoms with E-state index in [0.717, 1.165) is 32.9 Å². The van der Waals surface area contributed by atoms with Gasteiger partial charge in [-0.15, -0.1) is 21.5 Å². The molecule has 140 valence electrons. The third-order valence-electron chi connectivity index (χ3n) is 4.19. The van der Waals surface area contributed by atoms with Crippen molar-refractivity contribution in [2.45, 2.75) is 34.2 Å². The Labute approximate surface area is 166 Å². The summed E-state index contributed by atoms with van der Waals surface area (Å²) in [7, 11) is 0. The standard InChI is InChI=1S/C17H15ClN4S.C2H5NO/c1-9-10(2)23-17-15(9)16(12-4-6-13(18)7-5-12)19-8-14-21-20-11(3)22(14)17;1-2(3)4/h4-7H,8H2,1-3H3;1H3,(H2,3,4). The van der Waals surface area contributed by atoms with Crippen molar-refractivity contribution in [3.8, 4) is 5.00 Å². The molecule has 4 rings (SSSR count). The van der Waals surface area contributed by atoms with Gasteiger partial charge in [-0.3, -0.25) is 14.4 Å². The van der Waals surface area contributed by atoms with Crippen LogP contribution in [0.5, 0.6) is 0 Å². The van der Waals surface area contributed by atoms with Crippen molar-refractivity contribution in [3.63, 3.8) is 0 Å². The number of aromatic nitrogens is 3. The molecule has 1 aliphatic heterocycles. The molecule has 2 N–H and O–H groups in total. The van der Waals surface area contributed by atoms with Gasteiger partial charge in [0.15, 0.2) is 5.82 Å². The van der Waals surface area contributed by atoms with Gasteiger partial charge in [-0.05, 0) is 38.5 Å². The molecule has 0 unspecified atom stereocenters. The number of halogens is 1. The maximum atomic E-state index is 9.22. The smallest absolute Gasteiger partial charge is 0.214 e. The molecule has 8 heteroatoms. The van der Waals surface area contributed by atoms with E-state index in [9.17, 15) is 4.79 Å². The van der Waals surface area contributed by atoms with Gasteiger partial charge in [0.05, 0.1) is 5.71 Å². The van der Waals surface area contributed by atoms with Crippen LogP contribution in [0.15, 0.2) is 29.3 Å². The van der Waals surface area contributed by atoms with Crippen molar-refractivity contribution in [2.75, 3.05) is 0 Å². The van der Waals surface area contributed by atoms with Gasteiger partial charge >= 0.3 is 0 Å². The molecule has 6 nitrogen and oxygen atoms in total. The van der Waals surface area contributed by atoms with E-state index in [-0.39, 0.29) is 5.91 Å². The van der Waals surface area contributed by atoms with Crippen molar-refractivity contribution in [2.24, 2.45) is 10.7 Å². The number of primary amides is 1. The van der Waals surface area contributed by atoms with E-state index in [1.165, 1.54) is 22.9 Å². The number of nitrogens with two attached hydrogens (primary N) is 1. The monoisotopic (exact) mass is 401 g/mol. The van der Waals surface area contributed by atoms with Gasteiger partial charge in [0.2, 0.25) is 5.91 Å². The number of hydrogen-bond acceptors (Lipinski definition) is 5. The maximum absolute atomic E-state index is 9.22. The first-order valence-electron chi connectivity index (χ1n) is 8.37. The molecule has 0 bridgehead atoms. The quantitative estimate of drug-likeness (QED) is 0.673. The lowest BCUT2D eigenvalue weighted by molar-refractivity contribution is -0.115. The lowest BCUT2D eigenvalue weighted by Crippen LogP contribution is -2.07. The Hall–Kier alpha value is -2.51. The van der Waals surface area contributed by atoms with Crippen LogP contribution in [0.3, 0.4) is 0 Å². The first-order valence-corrected chi connectivity index (χ1v) is 9.57. The third-order valence-corrected chi connectivity index (χ3v) is 5.64. The van der Waals surface area contributed by atoms with Crippen LogP contribution in [0.4, 0.5) is 0 Å². The van der Waals surface area contributed by atoms with Crippen LogP contribution in [0.2, 0.25) is 5.02 Å². The van der Waals surface area contributed by atoms with Gasteiger partial charge in [-0.1, -0.05) is 23.7 Å². The van der Waals surface area contributed by atoms with E-state index in [1.807, 2.05) is 31.2 Å². The molecule has 3 heterocycles. The van der Waals surface area contributed by atoms with Gasteiger partial charge in [-0.25, -0.2) is 0 Å². The van der Waals surface area contributed by atoms with Crippen LogP contribution in [-0.2, 0) is 11.3 Å². The second-order valence-corrected chi connectivity index (χ2v) is 7.88. The topological polar surface area (TPSA) is 86.2 Å². The number of aliphatic imine (C=N–C) groups is 1. The fraction of sp³-hybridized carbons (Fsp3) is 0.263. The Morgan fingerprint density at radius 3 is 2.44 bits per heavy atom. The minimum Gasteiger partial charge on any atom is -0.370 e. The zero-order chi connectivity index (χ0) is 19.7. The highest BCUT2D eigenvalue weighted by Crippen LogP contribution is 2.36. The van der Waals surface area contributed by atoms with Crippen LogP contribution < -0.4 is 5.73 Å². The van der Waals surface area contributed by atoms with Crippen molar-refractivity contribution < 1.29 is 4.79 Å². The number of hydrogen-bond donors (Lipinski definition) is 1. The highest BCUT2D eigenvalue weighted by atomic mass is 35.5. The van der Waals surface area contributed by atoms with Crippen molar-refractivity contribution >= 4 is 34.6 Å². The maximum Gasteiger partial charge on any atom is 0.214 e. The normalized spacial score (nSPS) is 12.3. The molecule has 0 atom stereocenters. The Balaban J connectivity index is 0.000000481. The molecule has 0 fully saturated rings. The number of thiophene rings is 1. The van der Waals surface area contributed by atoms with Crippen LogP contribution in [-0.4, -0.2) is 26.4 Å². The summed E-state index contributed by atoms with van der Waals surface area (Å²) in [5, 5.41) is 10.4. The third kappa shape index (κ3) is 3.79. The van der Waals surface area contributed by atoms with E-state index in [1.54, 1.807) is 11.3 Å². The number of nitrogens with zero attached hydrogens (tertiary/aromatic N) is 4. The number of amides is 1. The fourth-order valence-corrected chi connectivity index (χ4v) is 4.24. The fourth-order valence-electron chi connectivity index (χ4n) is 2.89. The summed E-state index contributed by atoms with van der Waals surface area (Å²) in [4.78, 5) is 15.4. The lowest BCUT2D eigenvalue weighted by Gasteiger charge is -2.09. The Bertz CT molecular complexity index is 1030. The zero-order valence-corrected chi connectivity index (χ0v) is 17.1. The lowest BCUT2D eigenvalue weighted by atomic mass is 10.00. The van der Waals surface area contributed by atoms with E-state index >= 15 is 0 Å². The Morgan fingerprint density at radius 2 is 1.81 bits per heavy atom. The Morgan fingerprint density at radius 1 is 1.19 bits per heavy atom. The molecule has 1 aliphatic rings. The molecule has 1 amide bonds. The van der Waals surface area contributed by atoms with Crippen molar-refractivity contribution in [3.05, 3.63) is 62.5 Å². The summed E-state index contributed by atoms with van der Waals surface area (Å²) >= 11 is 7.80. The van der Waals surface area contributed by atoms with E-state index < -0.39 is 0 Å². The average molecular weight is 402 g/mol. The largest absolute Gasteiger partial charge is 0.370 e. The summed E-state index contributed by atoms with van der Waals surface area (Å²) in [6.07, 6.45) is 0. The van der Waals surface area contributed by atoms with Gasteiger partial charge in [-0.2, -0.15) is 0 Å². The van der Waals surface area contributed by atoms with Crippen LogP contribution in [0.25, 0.3) is 5.00 Å². The molecule has 2 aromatic heterocycles. The predicted octanol–water partition coefficient (Wildman–Crippen LogP) is 3.75. The molecule has 27 heavy (non-hydrogen) atoms. The summed E-state index contributed by atoms with van der Waals surface area (Å²) in [5.41, 5.74) is 8.99. The molecule has 0 saturated carbocycles. The number of benzene rings is 1. The van der Waals surface area contributed by atoms with Crippen molar-refractivity contribution in [1.82, 2.24) is 14.8 Å². The van der Waals surface area contributed by atoms with Crippen molar-refractivity contribution in [1.29, 1.82) is 0 Å². The summed E-state index contributed by atoms with van der Waals surface area (Å²) in [6.45, 7) is 8.12. The van der Waals surface area contributed by atoms with E-state index in [2.05, 4.69) is 34.3 Å². The molecule has 0 spiro atoms. The van der Waals surface area contributed by atoms with Gasteiger partial charge in [0.25, 0.3) is 0 Å². The minimum atomic E-state index is -0.333. The molecule has 0 radical (unpaired) electrons. The number of aryl methyl sites for hydroxylation is 2. The van der Waals surface area contributed by atoms with E-state index in [4.69, 9.17) is 16.6 Å². The average Bonchev–Trinajstić information content (AvgIpc) is 3.04. The second-order valence-electron chi connectivity index (χ2n) is 6.24. The summed E-state index contributed by atoms with van der Waals surface area (Å²) in [6, 6.07) is 7.86. The molecule has 1 aromatic carbocycles. The highest BCUT2D eigenvalue weighted by Gasteiger charge is 2.26. The molecular weight excluding hydrogens is 382 g/mol. The SMILES string of the molecule is CC(N)=O.Cc1sc2c(c1C)C(c1ccc(Cl)cc1)=NCc1nnc(C)n1-2.